The van der Waals surface area contributed by atoms with Crippen molar-refractivity contribution in [3.63, 3.8) is 0 Å². The third kappa shape index (κ3) is 2.99. The minimum atomic E-state index is -1.04. The minimum Gasteiger partial charge on any atom is -0.479 e. The molecule has 110 valence electrons. The van der Waals surface area contributed by atoms with E-state index in [0.29, 0.717) is 17.1 Å². The molecule has 1 N–H and O–H groups in total. The van der Waals surface area contributed by atoms with Gasteiger partial charge in [0.05, 0.1) is 23.4 Å². The Bertz CT molecular complexity index is 528. The van der Waals surface area contributed by atoms with Crippen molar-refractivity contribution >= 4 is 23.2 Å². The van der Waals surface area contributed by atoms with Crippen LogP contribution in [0.25, 0.3) is 0 Å². The first-order valence-corrected chi connectivity index (χ1v) is 7.37. The van der Waals surface area contributed by atoms with E-state index >= 15 is 0 Å². The van der Waals surface area contributed by atoms with E-state index in [-0.39, 0.29) is 18.6 Å². The molecule has 0 aromatic carbocycles. The monoisotopic (exact) mass is 298 g/mol. The molecule has 7 heteroatoms. The van der Waals surface area contributed by atoms with Crippen LogP contribution in [0.15, 0.2) is 0 Å². The number of ether oxygens (including phenoxy) is 1. The molecule has 1 aromatic heterocycles. The minimum absolute atomic E-state index is 0.0807. The molecule has 1 unspecified atom stereocenters. The number of aryl methyl sites for hydroxylation is 2. The van der Waals surface area contributed by atoms with Crippen molar-refractivity contribution in [2.24, 2.45) is 0 Å². The summed E-state index contributed by atoms with van der Waals surface area (Å²) < 4.78 is 5.31. The summed E-state index contributed by atoms with van der Waals surface area (Å²) in [4.78, 5) is 30.0. The van der Waals surface area contributed by atoms with Crippen molar-refractivity contribution < 1.29 is 19.4 Å². The van der Waals surface area contributed by atoms with Crippen LogP contribution < -0.4 is 0 Å². The van der Waals surface area contributed by atoms with Gasteiger partial charge in [-0.1, -0.05) is 6.92 Å². The summed E-state index contributed by atoms with van der Waals surface area (Å²) in [6.07, 6.45) is -0.454. The van der Waals surface area contributed by atoms with Gasteiger partial charge in [0.1, 0.15) is 4.88 Å². The lowest BCUT2D eigenvalue weighted by atomic mass is 10.2. The molecule has 1 aliphatic rings. The van der Waals surface area contributed by atoms with Gasteiger partial charge in [0.15, 0.2) is 6.10 Å². The summed E-state index contributed by atoms with van der Waals surface area (Å²) in [6, 6.07) is 0. The maximum atomic E-state index is 12.5. The second kappa shape index (κ2) is 5.88. The molecule has 0 bridgehead atoms. The first-order chi connectivity index (χ1) is 9.42. The number of aliphatic carboxylic acids is 1. The zero-order chi connectivity index (χ0) is 14.9. The van der Waals surface area contributed by atoms with E-state index in [1.54, 1.807) is 18.7 Å². The van der Waals surface area contributed by atoms with E-state index in [1.165, 1.54) is 11.3 Å². The summed E-state index contributed by atoms with van der Waals surface area (Å²) in [5.74, 6) is -1.19. The fourth-order valence-corrected chi connectivity index (χ4v) is 3.17. The Balaban J connectivity index is 2.19. The van der Waals surface area contributed by atoms with Crippen molar-refractivity contribution in [1.29, 1.82) is 0 Å². The number of carbonyl (C=O) groups excluding carboxylic acids is 1. The predicted molar refractivity (Wildman–Crippen MR) is 74.1 cm³/mol. The zero-order valence-corrected chi connectivity index (χ0v) is 12.6. The number of hydrogen-bond donors (Lipinski definition) is 1. The molecule has 0 saturated carbocycles. The van der Waals surface area contributed by atoms with Gasteiger partial charge in [0.2, 0.25) is 0 Å². The molecule has 2 rings (SSSR count). The number of carboxylic acids is 1. The first kappa shape index (κ1) is 14.9. The number of nitrogens with zero attached hydrogens (tertiary/aromatic N) is 2. The van der Waals surface area contributed by atoms with Gasteiger partial charge in [-0.2, -0.15) is 0 Å². The highest BCUT2D eigenvalue weighted by molar-refractivity contribution is 7.13. The second-order valence-electron chi connectivity index (χ2n) is 4.86. The van der Waals surface area contributed by atoms with Crippen molar-refractivity contribution in [2.45, 2.75) is 39.4 Å². The maximum Gasteiger partial charge on any atom is 0.334 e. The molecule has 0 aliphatic carbocycles. The summed E-state index contributed by atoms with van der Waals surface area (Å²) in [7, 11) is 0. The Morgan fingerprint density at radius 3 is 2.75 bits per heavy atom. The Morgan fingerprint density at radius 1 is 1.50 bits per heavy atom. The van der Waals surface area contributed by atoms with Gasteiger partial charge in [-0.05, 0) is 20.3 Å². The normalized spacial score (nSPS) is 22.9. The Kier molecular flexibility index (Phi) is 4.39. The van der Waals surface area contributed by atoms with Crippen LogP contribution >= 0.6 is 11.3 Å². The van der Waals surface area contributed by atoms with Crippen molar-refractivity contribution in [1.82, 2.24) is 9.88 Å². The highest BCUT2D eigenvalue weighted by Gasteiger charge is 2.34. The number of thiazole rings is 1. The summed E-state index contributed by atoms with van der Waals surface area (Å²) in [6.45, 7) is 6.05. The van der Waals surface area contributed by atoms with Crippen LogP contribution in [-0.2, 0) is 16.0 Å². The molecule has 0 spiro atoms. The summed E-state index contributed by atoms with van der Waals surface area (Å²) >= 11 is 1.38. The highest BCUT2D eigenvalue weighted by Crippen LogP contribution is 2.22. The fraction of sp³-hybridized carbons (Fsp3) is 0.615. The number of hydrogen-bond acceptors (Lipinski definition) is 5. The molecule has 2 heterocycles. The number of carboxylic acid groups (broad SMARTS) is 1. The van der Waals surface area contributed by atoms with E-state index in [4.69, 9.17) is 9.84 Å². The molecule has 0 radical (unpaired) electrons. The summed E-state index contributed by atoms with van der Waals surface area (Å²) in [5.41, 5.74) is 0.711. The number of carbonyl (C=O) groups is 2. The average molecular weight is 298 g/mol. The van der Waals surface area contributed by atoms with Gasteiger partial charge in [0, 0.05) is 6.54 Å². The molecule has 6 nitrogen and oxygen atoms in total. The molecular weight excluding hydrogens is 280 g/mol. The fourth-order valence-electron chi connectivity index (χ4n) is 2.20. The van der Waals surface area contributed by atoms with Crippen LogP contribution in [-0.4, -0.2) is 52.2 Å². The number of morpholine rings is 1. The summed E-state index contributed by atoms with van der Waals surface area (Å²) in [5, 5.41) is 9.97. The molecule has 2 atom stereocenters. The topological polar surface area (TPSA) is 79.7 Å². The predicted octanol–water partition coefficient (Wildman–Crippen LogP) is 1.33. The third-order valence-corrected chi connectivity index (χ3v) is 4.45. The number of amides is 1. The van der Waals surface area contributed by atoms with E-state index in [9.17, 15) is 9.59 Å². The van der Waals surface area contributed by atoms with Crippen LogP contribution in [0.3, 0.4) is 0 Å². The molecule has 1 aliphatic heterocycles. The lowest BCUT2D eigenvalue weighted by molar-refractivity contribution is -0.160. The number of rotatable bonds is 3. The Morgan fingerprint density at radius 2 is 2.20 bits per heavy atom. The quantitative estimate of drug-likeness (QED) is 0.910. The number of aromatic nitrogens is 1. The SMILES string of the molecule is CCc1nc(C)c(C(=O)N2CC(C(=O)O)O[C@H](C)C2)s1. The van der Waals surface area contributed by atoms with Gasteiger partial charge in [-0.3, -0.25) is 4.79 Å². The standard InChI is InChI=1S/C13H18N2O4S/c1-4-10-14-8(3)11(20-10)12(16)15-5-7(2)19-9(6-15)13(17)18/h7,9H,4-6H2,1-3H3,(H,17,18)/t7-,9?/m1/s1. The smallest absolute Gasteiger partial charge is 0.334 e. The first-order valence-electron chi connectivity index (χ1n) is 6.56. The molecule has 1 amide bonds. The molecule has 1 aromatic rings. The van der Waals surface area contributed by atoms with Crippen molar-refractivity contribution in [3.05, 3.63) is 15.6 Å². The largest absolute Gasteiger partial charge is 0.479 e. The van der Waals surface area contributed by atoms with Crippen LogP contribution in [0.5, 0.6) is 0 Å². The second-order valence-corrected chi connectivity index (χ2v) is 5.94. The van der Waals surface area contributed by atoms with Crippen LogP contribution in [0.4, 0.5) is 0 Å². The lowest BCUT2D eigenvalue weighted by Crippen LogP contribution is -2.51. The highest BCUT2D eigenvalue weighted by atomic mass is 32.1. The molecule has 20 heavy (non-hydrogen) atoms. The lowest BCUT2D eigenvalue weighted by Gasteiger charge is -2.34. The van der Waals surface area contributed by atoms with E-state index in [0.717, 1.165) is 11.4 Å². The van der Waals surface area contributed by atoms with E-state index < -0.39 is 12.1 Å². The van der Waals surface area contributed by atoms with Crippen molar-refractivity contribution in [2.75, 3.05) is 13.1 Å². The van der Waals surface area contributed by atoms with Gasteiger partial charge >= 0.3 is 5.97 Å². The Labute approximate surface area is 121 Å². The maximum absolute atomic E-state index is 12.5. The van der Waals surface area contributed by atoms with Gasteiger partial charge in [0.25, 0.3) is 5.91 Å². The van der Waals surface area contributed by atoms with Crippen LogP contribution in [0.2, 0.25) is 0 Å². The molecular formula is C13H18N2O4S. The van der Waals surface area contributed by atoms with Gasteiger partial charge < -0.3 is 14.7 Å². The van der Waals surface area contributed by atoms with Crippen LogP contribution in [0.1, 0.15) is 34.2 Å². The van der Waals surface area contributed by atoms with Gasteiger partial charge in [-0.25, -0.2) is 9.78 Å². The average Bonchev–Trinajstić information content (AvgIpc) is 2.78. The van der Waals surface area contributed by atoms with Gasteiger partial charge in [-0.15, -0.1) is 11.3 Å². The van der Waals surface area contributed by atoms with E-state index in [1.807, 2.05) is 6.92 Å². The van der Waals surface area contributed by atoms with Crippen LogP contribution in [0, 0.1) is 6.92 Å². The molecule has 1 fully saturated rings. The van der Waals surface area contributed by atoms with Crippen molar-refractivity contribution in [3.8, 4) is 0 Å². The van der Waals surface area contributed by atoms with E-state index in [2.05, 4.69) is 4.98 Å². The zero-order valence-electron chi connectivity index (χ0n) is 11.8. The third-order valence-electron chi connectivity index (χ3n) is 3.16. The molecule has 1 saturated heterocycles. The Hall–Kier alpha value is -1.47.